The molecule has 9 nitrogen and oxygen atoms in total. The third-order valence-corrected chi connectivity index (χ3v) is 9.37. The van der Waals surface area contributed by atoms with Gasteiger partial charge < -0.3 is 14.4 Å². The number of hydrogen-bond donors (Lipinski definition) is 0. The molecule has 0 unspecified atom stereocenters. The van der Waals surface area contributed by atoms with E-state index in [-0.39, 0.29) is 40.6 Å². The molecule has 1 atom stereocenters. The first-order valence-electron chi connectivity index (χ1n) is 13.4. The van der Waals surface area contributed by atoms with Crippen LogP contribution in [0.5, 0.6) is 5.75 Å². The predicted molar refractivity (Wildman–Crippen MR) is 152 cm³/mol. The maximum atomic E-state index is 14.0. The van der Waals surface area contributed by atoms with E-state index < -0.39 is 50.8 Å². The normalized spacial score (nSPS) is 17.5. The van der Waals surface area contributed by atoms with Gasteiger partial charge in [0, 0.05) is 43.0 Å². The average molecular weight is 679 g/mol. The van der Waals surface area contributed by atoms with Crippen molar-refractivity contribution >= 4 is 39.1 Å². The summed E-state index contributed by atoms with van der Waals surface area (Å²) >= 11 is 6.06. The number of nitrogens with zero attached hydrogens (tertiary/aromatic N) is 4. The van der Waals surface area contributed by atoms with Crippen LogP contribution in [-0.4, -0.2) is 76.5 Å². The summed E-state index contributed by atoms with van der Waals surface area (Å²) in [7, 11) is -3.35. The number of benzene rings is 2. The zero-order valence-corrected chi connectivity index (χ0v) is 25.0. The molecule has 0 amide bonds. The summed E-state index contributed by atoms with van der Waals surface area (Å²) in [5.74, 6) is -0.814. The molecule has 1 fully saturated rings. The molecule has 2 aliphatic heterocycles. The Morgan fingerprint density at radius 1 is 1.02 bits per heavy atom. The fourth-order valence-electron chi connectivity index (χ4n) is 5.32. The second-order valence-electron chi connectivity index (χ2n) is 10.3. The molecule has 17 heteroatoms. The van der Waals surface area contributed by atoms with Gasteiger partial charge >= 0.3 is 18.5 Å². The summed E-state index contributed by atoms with van der Waals surface area (Å²) in [5.41, 5.74) is -0.828. The molecular formula is C28H25ClF6N4O5S. The number of anilines is 2. The Morgan fingerprint density at radius 2 is 1.78 bits per heavy atom. The standard InChI is InChI=1S/C28H25ClF6N4O5S/c1-43-25(40)5-6-37-7-8-38-21(15-37)16-39(45(41,42)23-4-2-3-19(12-23)27(30,31)32)24-11-18(14-36-26(24)38)17-9-20(29)13-22(10-17)44-28(33,34)35/h2-4,9-14,21H,5-8,15-16H2,1H3/t21-/m0/s1. The summed E-state index contributed by atoms with van der Waals surface area (Å²) in [6.07, 6.45) is -8.36. The van der Waals surface area contributed by atoms with Crippen molar-refractivity contribution in [2.24, 2.45) is 0 Å². The van der Waals surface area contributed by atoms with Crippen molar-refractivity contribution in [1.82, 2.24) is 9.88 Å². The number of ether oxygens (including phenoxy) is 2. The van der Waals surface area contributed by atoms with Gasteiger partial charge in [-0.3, -0.25) is 14.0 Å². The topological polar surface area (TPSA) is 92.3 Å². The van der Waals surface area contributed by atoms with Gasteiger partial charge in [0.1, 0.15) is 5.75 Å². The number of rotatable bonds is 7. The number of pyridine rings is 1. The summed E-state index contributed by atoms with van der Waals surface area (Å²) in [6.45, 7) is 1.32. The van der Waals surface area contributed by atoms with Crippen molar-refractivity contribution < 1.29 is 49.0 Å². The lowest BCUT2D eigenvalue weighted by atomic mass is 10.0. The van der Waals surface area contributed by atoms with E-state index in [4.69, 9.17) is 16.3 Å². The van der Waals surface area contributed by atoms with Crippen LogP contribution in [0.3, 0.4) is 0 Å². The summed E-state index contributed by atoms with van der Waals surface area (Å²) in [5, 5.41) is -0.0962. The molecule has 0 radical (unpaired) electrons. The number of carbonyl (C=O) groups is 1. The first kappa shape index (κ1) is 32.6. The first-order chi connectivity index (χ1) is 21.0. The van der Waals surface area contributed by atoms with Gasteiger partial charge in [0.15, 0.2) is 5.82 Å². The number of alkyl halides is 6. The molecule has 3 aromatic rings. The van der Waals surface area contributed by atoms with Crippen LogP contribution in [0, 0.1) is 0 Å². The highest BCUT2D eigenvalue weighted by atomic mass is 35.5. The van der Waals surface area contributed by atoms with Gasteiger partial charge in [0.05, 0.1) is 42.3 Å². The average Bonchev–Trinajstić information content (AvgIpc) is 2.97. The number of piperazine rings is 1. The van der Waals surface area contributed by atoms with Crippen LogP contribution in [0.2, 0.25) is 5.02 Å². The van der Waals surface area contributed by atoms with Gasteiger partial charge in [-0.05, 0) is 48.0 Å². The third-order valence-electron chi connectivity index (χ3n) is 7.38. The minimum Gasteiger partial charge on any atom is -0.469 e. The van der Waals surface area contributed by atoms with E-state index in [0.29, 0.717) is 32.2 Å². The molecule has 3 heterocycles. The molecule has 0 spiro atoms. The maximum Gasteiger partial charge on any atom is 0.573 e. The highest BCUT2D eigenvalue weighted by Crippen LogP contribution is 2.42. The quantitative estimate of drug-likeness (QED) is 0.236. The highest BCUT2D eigenvalue weighted by Gasteiger charge is 2.42. The van der Waals surface area contributed by atoms with Gasteiger partial charge in [-0.1, -0.05) is 17.7 Å². The summed E-state index contributed by atoms with van der Waals surface area (Å²) in [6, 6.07) is 7.58. The van der Waals surface area contributed by atoms with E-state index in [1.807, 2.05) is 9.80 Å². The molecule has 0 saturated carbocycles. The van der Waals surface area contributed by atoms with Crippen LogP contribution >= 0.6 is 11.6 Å². The van der Waals surface area contributed by atoms with Gasteiger partial charge in [-0.25, -0.2) is 13.4 Å². The van der Waals surface area contributed by atoms with Crippen LogP contribution in [0.1, 0.15) is 12.0 Å². The van der Waals surface area contributed by atoms with Crippen LogP contribution in [0.25, 0.3) is 11.1 Å². The molecule has 1 aromatic heterocycles. The lowest BCUT2D eigenvalue weighted by Gasteiger charge is -2.48. The summed E-state index contributed by atoms with van der Waals surface area (Å²) < 4.78 is 117. The molecule has 45 heavy (non-hydrogen) atoms. The van der Waals surface area contributed by atoms with Crippen molar-refractivity contribution in [2.75, 3.05) is 49.0 Å². The zero-order chi connectivity index (χ0) is 32.7. The van der Waals surface area contributed by atoms with Crippen molar-refractivity contribution in [2.45, 2.75) is 29.9 Å². The molecule has 0 aliphatic carbocycles. The predicted octanol–water partition coefficient (Wildman–Crippen LogP) is 5.58. The molecule has 242 valence electrons. The van der Waals surface area contributed by atoms with E-state index in [9.17, 15) is 39.6 Å². The second-order valence-corrected chi connectivity index (χ2v) is 12.6. The Hall–Kier alpha value is -3.76. The zero-order valence-electron chi connectivity index (χ0n) is 23.4. The Kier molecular flexibility index (Phi) is 8.85. The monoisotopic (exact) mass is 678 g/mol. The number of fused-ring (bicyclic) bond motifs is 3. The molecule has 0 N–H and O–H groups in total. The van der Waals surface area contributed by atoms with Crippen LogP contribution in [0.15, 0.2) is 59.6 Å². The molecular weight excluding hydrogens is 654 g/mol. The lowest BCUT2D eigenvalue weighted by Crippen LogP contribution is -2.61. The Labute approximate surface area is 258 Å². The molecule has 1 saturated heterocycles. The summed E-state index contributed by atoms with van der Waals surface area (Å²) in [4.78, 5) is 19.4. The largest absolute Gasteiger partial charge is 0.573 e. The van der Waals surface area contributed by atoms with E-state index in [2.05, 4.69) is 9.72 Å². The van der Waals surface area contributed by atoms with Crippen LogP contribution in [-0.2, 0) is 25.7 Å². The Bertz CT molecular complexity index is 1710. The fourth-order valence-corrected chi connectivity index (χ4v) is 7.08. The molecule has 5 rings (SSSR count). The lowest BCUT2D eigenvalue weighted by molar-refractivity contribution is -0.274. The number of methoxy groups -OCH3 is 1. The molecule has 2 aromatic carbocycles. The van der Waals surface area contributed by atoms with Gasteiger partial charge in [0.25, 0.3) is 10.0 Å². The van der Waals surface area contributed by atoms with Crippen molar-refractivity contribution in [3.8, 4) is 16.9 Å². The highest BCUT2D eigenvalue weighted by molar-refractivity contribution is 7.92. The number of halogens is 7. The van der Waals surface area contributed by atoms with E-state index in [0.717, 1.165) is 34.6 Å². The van der Waals surface area contributed by atoms with E-state index >= 15 is 0 Å². The Balaban J connectivity index is 1.58. The molecule has 0 bridgehead atoms. The minimum atomic E-state index is -5.00. The first-order valence-corrected chi connectivity index (χ1v) is 15.2. The molecule has 2 aliphatic rings. The maximum absolute atomic E-state index is 14.0. The van der Waals surface area contributed by atoms with Gasteiger partial charge in [-0.15, -0.1) is 13.2 Å². The van der Waals surface area contributed by atoms with Crippen molar-refractivity contribution in [3.63, 3.8) is 0 Å². The third kappa shape index (κ3) is 7.23. The number of hydrogen-bond acceptors (Lipinski definition) is 8. The van der Waals surface area contributed by atoms with Crippen LogP contribution in [0.4, 0.5) is 37.8 Å². The van der Waals surface area contributed by atoms with Gasteiger partial charge in [-0.2, -0.15) is 13.2 Å². The fraction of sp³-hybridized carbons (Fsp3) is 0.357. The number of esters is 1. The Morgan fingerprint density at radius 3 is 2.47 bits per heavy atom. The van der Waals surface area contributed by atoms with Crippen molar-refractivity contribution in [3.05, 3.63) is 65.3 Å². The number of aromatic nitrogens is 1. The number of sulfonamides is 1. The van der Waals surface area contributed by atoms with E-state index in [1.54, 1.807) is 0 Å². The van der Waals surface area contributed by atoms with Crippen LogP contribution < -0.4 is 13.9 Å². The SMILES string of the molecule is COC(=O)CCN1CCN2c3ncc(-c4cc(Cl)cc(OC(F)(F)F)c4)cc3N(S(=O)(=O)c3cccc(C(F)(F)F)c3)C[C@@H]2C1. The number of carbonyl (C=O) groups excluding carboxylic acids is 1. The minimum absolute atomic E-state index is 0.0161. The smallest absolute Gasteiger partial charge is 0.469 e. The second kappa shape index (κ2) is 12.2. The van der Waals surface area contributed by atoms with Gasteiger partial charge in [0.2, 0.25) is 0 Å². The van der Waals surface area contributed by atoms with E-state index in [1.165, 1.54) is 25.4 Å². The van der Waals surface area contributed by atoms with Crippen molar-refractivity contribution in [1.29, 1.82) is 0 Å².